The number of urea groups is 1. The van der Waals surface area contributed by atoms with Crippen molar-refractivity contribution in [2.75, 3.05) is 38.9 Å². The van der Waals surface area contributed by atoms with E-state index >= 15 is 0 Å². The highest BCUT2D eigenvalue weighted by Gasteiger charge is 2.30. The number of aromatic nitrogens is 1. The topological polar surface area (TPSA) is 48.9 Å². The molecule has 6 nitrogen and oxygen atoms in total. The zero-order valence-electron chi connectivity index (χ0n) is 12.4. The van der Waals surface area contributed by atoms with Crippen LogP contribution in [0.5, 0.6) is 5.75 Å². The number of thiazole rings is 1. The Labute approximate surface area is 127 Å². The van der Waals surface area contributed by atoms with Crippen LogP contribution < -0.4 is 9.64 Å². The first-order chi connectivity index (χ1) is 10.1. The molecule has 1 saturated heterocycles. The van der Waals surface area contributed by atoms with Gasteiger partial charge in [-0.15, -0.1) is 0 Å². The third-order valence-electron chi connectivity index (χ3n) is 3.50. The zero-order valence-corrected chi connectivity index (χ0v) is 13.2. The van der Waals surface area contributed by atoms with E-state index in [1.54, 1.807) is 16.9 Å². The Hall–Kier alpha value is -1.86. The number of rotatable bonds is 3. The Balaban J connectivity index is 2.01. The van der Waals surface area contributed by atoms with Crippen LogP contribution in [0.15, 0.2) is 18.2 Å². The largest absolute Gasteiger partial charge is 0.495 e. The van der Waals surface area contributed by atoms with Gasteiger partial charge in [-0.05, 0) is 26.1 Å². The fourth-order valence-electron chi connectivity index (χ4n) is 2.44. The summed E-state index contributed by atoms with van der Waals surface area (Å²) in [6.07, 6.45) is 0. The summed E-state index contributed by atoms with van der Waals surface area (Å²) in [4.78, 5) is 22.7. The van der Waals surface area contributed by atoms with Crippen molar-refractivity contribution in [3.8, 4) is 5.75 Å². The molecule has 1 aliphatic heterocycles. The van der Waals surface area contributed by atoms with Crippen molar-refractivity contribution in [3.05, 3.63) is 18.2 Å². The summed E-state index contributed by atoms with van der Waals surface area (Å²) in [5.41, 5.74) is 0.860. The second kappa shape index (κ2) is 5.50. The zero-order chi connectivity index (χ0) is 15.0. The Morgan fingerprint density at radius 3 is 2.90 bits per heavy atom. The van der Waals surface area contributed by atoms with Crippen LogP contribution in [0.25, 0.3) is 10.2 Å². The lowest BCUT2D eigenvalue weighted by atomic mass is 10.3. The molecule has 0 N–H and O–H groups in total. The number of ether oxygens (including phenoxy) is 1. The second-order valence-electron chi connectivity index (χ2n) is 5.01. The van der Waals surface area contributed by atoms with Crippen molar-refractivity contribution < 1.29 is 9.53 Å². The fourth-order valence-corrected chi connectivity index (χ4v) is 3.48. The quantitative estimate of drug-likeness (QED) is 0.874. The van der Waals surface area contributed by atoms with Crippen molar-refractivity contribution >= 4 is 32.7 Å². The number of carbonyl (C=O) groups excluding carboxylic acids is 1. The van der Waals surface area contributed by atoms with E-state index in [0.29, 0.717) is 25.0 Å². The van der Waals surface area contributed by atoms with E-state index in [2.05, 4.69) is 9.88 Å². The molecule has 21 heavy (non-hydrogen) atoms. The Bertz CT molecular complexity index is 672. The van der Waals surface area contributed by atoms with Crippen LogP contribution in [-0.4, -0.2) is 54.9 Å². The average Bonchev–Trinajstić information content (AvgIpc) is 2.92. The van der Waals surface area contributed by atoms with E-state index in [4.69, 9.17) is 4.74 Å². The van der Waals surface area contributed by atoms with Crippen molar-refractivity contribution in [1.29, 1.82) is 0 Å². The maximum Gasteiger partial charge on any atom is 0.328 e. The molecule has 2 amide bonds. The Morgan fingerprint density at radius 2 is 2.19 bits per heavy atom. The molecule has 1 fully saturated rings. The molecule has 0 spiro atoms. The SMILES string of the molecule is CCN1CN(C)CN(c2nc3cccc(OC)c3s2)C1=O. The summed E-state index contributed by atoms with van der Waals surface area (Å²) in [5.74, 6) is 0.793. The molecular weight excluding hydrogens is 288 g/mol. The van der Waals surface area contributed by atoms with E-state index < -0.39 is 0 Å². The highest BCUT2D eigenvalue weighted by Crippen LogP contribution is 2.36. The standard InChI is InChI=1S/C14H18N4O2S/c1-4-17-8-16(2)9-18(14(17)19)13-15-10-6-5-7-11(20-3)12(10)21-13/h5-7H,4,8-9H2,1-3H3. The summed E-state index contributed by atoms with van der Waals surface area (Å²) in [7, 11) is 3.64. The normalized spacial score (nSPS) is 16.8. The number of carbonyl (C=O) groups is 1. The van der Waals surface area contributed by atoms with E-state index in [-0.39, 0.29) is 6.03 Å². The smallest absolute Gasteiger partial charge is 0.328 e. The van der Waals surface area contributed by atoms with Crippen LogP contribution in [0.2, 0.25) is 0 Å². The van der Waals surface area contributed by atoms with Gasteiger partial charge in [0.1, 0.15) is 5.75 Å². The predicted molar refractivity (Wildman–Crippen MR) is 83.9 cm³/mol. The minimum Gasteiger partial charge on any atom is -0.495 e. The Kier molecular flexibility index (Phi) is 3.69. The fraction of sp³-hybridized carbons (Fsp3) is 0.429. The third-order valence-corrected chi connectivity index (χ3v) is 4.61. The van der Waals surface area contributed by atoms with Gasteiger partial charge in [0, 0.05) is 6.54 Å². The summed E-state index contributed by atoms with van der Waals surface area (Å²) in [6, 6.07) is 5.77. The molecule has 0 saturated carbocycles. The van der Waals surface area contributed by atoms with Gasteiger partial charge in [0.2, 0.25) is 0 Å². The number of methoxy groups -OCH3 is 1. The van der Waals surface area contributed by atoms with Gasteiger partial charge >= 0.3 is 6.03 Å². The molecule has 2 heterocycles. The van der Waals surface area contributed by atoms with Crippen molar-refractivity contribution in [2.24, 2.45) is 0 Å². The van der Waals surface area contributed by atoms with Crippen LogP contribution in [-0.2, 0) is 0 Å². The minimum atomic E-state index is 0.00798. The van der Waals surface area contributed by atoms with Crippen LogP contribution in [0, 0.1) is 0 Å². The number of fused-ring (bicyclic) bond motifs is 1. The number of benzene rings is 1. The monoisotopic (exact) mass is 306 g/mol. The average molecular weight is 306 g/mol. The lowest BCUT2D eigenvalue weighted by Gasteiger charge is -2.38. The first-order valence-electron chi connectivity index (χ1n) is 6.82. The molecule has 0 bridgehead atoms. The summed E-state index contributed by atoms with van der Waals surface area (Å²) < 4.78 is 6.34. The first kappa shape index (κ1) is 14.1. The lowest BCUT2D eigenvalue weighted by Crippen LogP contribution is -2.56. The molecule has 0 radical (unpaired) electrons. The van der Waals surface area contributed by atoms with E-state index in [9.17, 15) is 4.79 Å². The molecule has 0 atom stereocenters. The van der Waals surface area contributed by atoms with Crippen molar-refractivity contribution in [2.45, 2.75) is 6.92 Å². The summed E-state index contributed by atoms with van der Waals surface area (Å²) >= 11 is 1.49. The van der Waals surface area contributed by atoms with Gasteiger partial charge in [0.15, 0.2) is 5.13 Å². The molecule has 112 valence electrons. The second-order valence-corrected chi connectivity index (χ2v) is 5.99. The maximum absolute atomic E-state index is 12.5. The van der Waals surface area contributed by atoms with Gasteiger partial charge < -0.3 is 9.64 Å². The molecular formula is C14H18N4O2S. The lowest BCUT2D eigenvalue weighted by molar-refractivity contribution is 0.136. The van der Waals surface area contributed by atoms with Gasteiger partial charge in [0.05, 0.1) is 30.7 Å². The number of hydrogen-bond donors (Lipinski definition) is 0. The highest BCUT2D eigenvalue weighted by molar-refractivity contribution is 7.22. The molecule has 1 aromatic carbocycles. The third kappa shape index (κ3) is 2.43. The number of amides is 2. The predicted octanol–water partition coefficient (Wildman–Crippen LogP) is 2.41. The summed E-state index contributed by atoms with van der Waals surface area (Å²) in [5, 5.41) is 0.713. The van der Waals surface area contributed by atoms with Crippen LogP contribution in [0.1, 0.15) is 6.92 Å². The molecule has 3 rings (SSSR count). The molecule has 0 aliphatic carbocycles. The van der Waals surface area contributed by atoms with Crippen LogP contribution in [0.4, 0.5) is 9.93 Å². The highest BCUT2D eigenvalue weighted by atomic mass is 32.1. The Morgan fingerprint density at radius 1 is 1.38 bits per heavy atom. The molecule has 1 aromatic heterocycles. The van der Waals surface area contributed by atoms with Gasteiger partial charge in [0.25, 0.3) is 0 Å². The van der Waals surface area contributed by atoms with Gasteiger partial charge in [-0.25, -0.2) is 9.78 Å². The number of anilines is 1. The van der Waals surface area contributed by atoms with Crippen LogP contribution in [0.3, 0.4) is 0 Å². The van der Waals surface area contributed by atoms with E-state index in [0.717, 1.165) is 16.0 Å². The van der Waals surface area contributed by atoms with Gasteiger partial charge in [-0.1, -0.05) is 17.4 Å². The van der Waals surface area contributed by atoms with E-state index in [1.807, 2.05) is 32.2 Å². The van der Waals surface area contributed by atoms with Crippen molar-refractivity contribution in [1.82, 2.24) is 14.8 Å². The molecule has 7 heteroatoms. The maximum atomic E-state index is 12.5. The molecule has 2 aromatic rings. The van der Waals surface area contributed by atoms with Crippen molar-refractivity contribution in [3.63, 3.8) is 0 Å². The minimum absolute atomic E-state index is 0.00798. The first-order valence-corrected chi connectivity index (χ1v) is 7.64. The molecule has 1 aliphatic rings. The molecule has 0 unspecified atom stereocenters. The summed E-state index contributed by atoms with van der Waals surface area (Å²) in [6.45, 7) is 3.88. The van der Waals surface area contributed by atoms with E-state index in [1.165, 1.54) is 11.3 Å². The van der Waals surface area contributed by atoms with Gasteiger partial charge in [-0.3, -0.25) is 9.80 Å². The van der Waals surface area contributed by atoms with Crippen LogP contribution >= 0.6 is 11.3 Å². The number of hydrogen-bond acceptors (Lipinski definition) is 5. The number of nitrogens with zero attached hydrogens (tertiary/aromatic N) is 4. The van der Waals surface area contributed by atoms with Gasteiger partial charge in [-0.2, -0.15) is 0 Å².